The predicted molar refractivity (Wildman–Crippen MR) is 56.3 cm³/mol. The van der Waals surface area contributed by atoms with Crippen LogP contribution in [0.2, 0.25) is 5.02 Å². The minimum Gasteiger partial charge on any atom is -0.357 e. The normalized spacial score (nSPS) is 13.3. The molecule has 0 saturated heterocycles. The van der Waals surface area contributed by atoms with Crippen molar-refractivity contribution in [2.45, 2.75) is 20.1 Å². The summed E-state index contributed by atoms with van der Waals surface area (Å²) in [5.41, 5.74) is 0. The first-order valence-electron chi connectivity index (χ1n) is 3.67. The number of hydrogen-bond acceptors (Lipinski definition) is 2. The average Bonchev–Trinajstić information content (AvgIpc) is 2.33. The van der Waals surface area contributed by atoms with Gasteiger partial charge in [0.15, 0.2) is 0 Å². The van der Waals surface area contributed by atoms with Crippen LogP contribution in [0.4, 0.5) is 0 Å². The smallest absolute Gasteiger partial charge is 0.147 e. The van der Waals surface area contributed by atoms with E-state index in [1.165, 1.54) is 0 Å². The van der Waals surface area contributed by atoms with E-state index in [9.17, 15) is 0 Å². The molecule has 0 aliphatic heterocycles. The van der Waals surface area contributed by atoms with Gasteiger partial charge in [-0.1, -0.05) is 11.6 Å². The predicted octanol–water partition coefficient (Wildman–Crippen LogP) is 2.70. The lowest BCUT2D eigenvalue weighted by molar-refractivity contribution is 0.0157. The van der Waals surface area contributed by atoms with Gasteiger partial charge in [-0.05, 0) is 36.4 Å². The van der Waals surface area contributed by atoms with Crippen molar-refractivity contribution in [3.63, 3.8) is 0 Å². The van der Waals surface area contributed by atoms with Gasteiger partial charge in [-0.3, -0.25) is 0 Å². The molecule has 1 aromatic rings. The van der Waals surface area contributed by atoms with E-state index in [1.54, 1.807) is 10.9 Å². The molecule has 1 unspecified atom stereocenters. The zero-order chi connectivity index (χ0) is 9.14. The molecule has 1 heterocycles. The minimum absolute atomic E-state index is 0.0454. The van der Waals surface area contributed by atoms with Crippen molar-refractivity contribution in [1.29, 1.82) is 0 Å². The van der Waals surface area contributed by atoms with E-state index in [0.717, 1.165) is 3.70 Å². The van der Waals surface area contributed by atoms with Crippen LogP contribution in [0.1, 0.15) is 20.1 Å². The van der Waals surface area contributed by atoms with Gasteiger partial charge >= 0.3 is 0 Å². The second-order valence-electron chi connectivity index (χ2n) is 2.30. The van der Waals surface area contributed by atoms with E-state index in [-0.39, 0.29) is 6.23 Å². The summed E-state index contributed by atoms with van der Waals surface area (Å²) in [5, 5.41) is 4.84. The van der Waals surface area contributed by atoms with Crippen molar-refractivity contribution in [2.24, 2.45) is 0 Å². The van der Waals surface area contributed by atoms with Gasteiger partial charge in [0.2, 0.25) is 0 Å². The summed E-state index contributed by atoms with van der Waals surface area (Å²) >= 11 is 7.91. The number of ether oxygens (including phenoxy) is 1. The second kappa shape index (κ2) is 4.43. The van der Waals surface area contributed by atoms with Gasteiger partial charge in [-0.2, -0.15) is 5.10 Å². The minimum atomic E-state index is -0.0454. The van der Waals surface area contributed by atoms with Crippen molar-refractivity contribution in [1.82, 2.24) is 9.78 Å². The van der Waals surface area contributed by atoms with E-state index in [4.69, 9.17) is 16.3 Å². The Morgan fingerprint density at radius 1 is 1.83 bits per heavy atom. The van der Waals surface area contributed by atoms with Crippen LogP contribution in [-0.4, -0.2) is 16.4 Å². The highest BCUT2D eigenvalue weighted by molar-refractivity contribution is 14.1. The maximum atomic E-state index is 5.83. The van der Waals surface area contributed by atoms with Crippen LogP contribution >= 0.6 is 34.2 Å². The Morgan fingerprint density at radius 2 is 2.50 bits per heavy atom. The quantitative estimate of drug-likeness (QED) is 0.803. The Bertz CT molecular complexity index is 244. The summed E-state index contributed by atoms with van der Waals surface area (Å²) in [6.07, 6.45) is 1.72. The Balaban J connectivity index is 2.74. The maximum absolute atomic E-state index is 5.83. The molecule has 1 atom stereocenters. The third kappa shape index (κ3) is 2.34. The maximum Gasteiger partial charge on any atom is 0.147 e. The SMILES string of the molecule is CCOC(C)n1cc(Cl)c(I)n1. The Labute approximate surface area is 90.2 Å². The molecule has 0 aliphatic rings. The summed E-state index contributed by atoms with van der Waals surface area (Å²) in [5.74, 6) is 0. The molecule has 0 bridgehead atoms. The largest absolute Gasteiger partial charge is 0.357 e. The molecule has 3 nitrogen and oxygen atoms in total. The first-order valence-corrected chi connectivity index (χ1v) is 5.12. The third-order valence-corrected chi connectivity index (χ3v) is 2.82. The monoisotopic (exact) mass is 300 g/mol. The van der Waals surface area contributed by atoms with Gasteiger partial charge in [-0.25, -0.2) is 4.68 Å². The van der Waals surface area contributed by atoms with Crippen molar-refractivity contribution in [3.8, 4) is 0 Å². The molecule has 0 radical (unpaired) electrons. The Hall–Kier alpha value is 0.190. The van der Waals surface area contributed by atoms with Gasteiger partial charge in [0.05, 0.1) is 5.02 Å². The molecule has 0 N–H and O–H groups in total. The van der Waals surface area contributed by atoms with Crippen molar-refractivity contribution < 1.29 is 4.74 Å². The summed E-state index contributed by atoms with van der Waals surface area (Å²) in [6, 6.07) is 0. The standard InChI is InChI=1S/C7H10ClIN2O/c1-3-12-5(2)11-4-6(8)7(9)10-11/h4-5H,3H2,1-2H3. The first-order chi connectivity index (χ1) is 5.65. The second-order valence-corrected chi connectivity index (χ2v) is 3.73. The highest BCUT2D eigenvalue weighted by Gasteiger charge is 2.08. The summed E-state index contributed by atoms with van der Waals surface area (Å²) in [4.78, 5) is 0. The molecule has 0 aromatic carbocycles. The van der Waals surface area contributed by atoms with Crippen molar-refractivity contribution in [2.75, 3.05) is 6.61 Å². The van der Waals surface area contributed by atoms with E-state index < -0.39 is 0 Å². The Morgan fingerprint density at radius 3 is 2.92 bits per heavy atom. The van der Waals surface area contributed by atoms with Gasteiger partial charge in [0, 0.05) is 12.8 Å². The molecule has 5 heteroatoms. The van der Waals surface area contributed by atoms with Crippen LogP contribution in [-0.2, 0) is 4.74 Å². The molecular weight excluding hydrogens is 290 g/mol. The summed E-state index contributed by atoms with van der Waals surface area (Å²) < 4.78 is 7.86. The number of nitrogens with zero attached hydrogens (tertiary/aromatic N) is 2. The van der Waals surface area contributed by atoms with E-state index >= 15 is 0 Å². The molecule has 0 amide bonds. The van der Waals surface area contributed by atoms with Crippen LogP contribution in [0, 0.1) is 3.70 Å². The van der Waals surface area contributed by atoms with Gasteiger partial charge in [-0.15, -0.1) is 0 Å². The van der Waals surface area contributed by atoms with Crippen molar-refractivity contribution in [3.05, 3.63) is 14.9 Å². The topological polar surface area (TPSA) is 27.1 Å². The number of halogens is 2. The molecule has 68 valence electrons. The van der Waals surface area contributed by atoms with Gasteiger partial charge < -0.3 is 4.74 Å². The first kappa shape index (κ1) is 10.3. The highest BCUT2D eigenvalue weighted by Crippen LogP contribution is 2.18. The molecule has 1 rings (SSSR count). The molecule has 0 fully saturated rings. The summed E-state index contributed by atoms with van der Waals surface area (Å²) in [7, 11) is 0. The highest BCUT2D eigenvalue weighted by atomic mass is 127. The number of aromatic nitrogens is 2. The van der Waals surface area contributed by atoms with Crippen LogP contribution in [0.15, 0.2) is 6.20 Å². The fourth-order valence-electron chi connectivity index (χ4n) is 0.851. The fraction of sp³-hybridized carbons (Fsp3) is 0.571. The van der Waals surface area contributed by atoms with E-state index in [2.05, 4.69) is 27.7 Å². The zero-order valence-electron chi connectivity index (χ0n) is 6.92. The average molecular weight is 301 g/mol. The van der Waals surface area contributed by atoms with Gasteiger partial charge in [0.1, 0.15) is 9.93 Å². The number of hydrogen-bond donors (Lipinski definition) is 0. The molecule has 12 heavy (non-hydrogen) atoms. The molecular formula is C7H10ClIN2O. The van der Waals surface area contributed by atoms with Crippen LogP contribution in [0.5, 0.6) is 0 Å². The lowest BCUT2D eigenvalue weighted by Crippen LogP contribution is -2.09. The molecule has 0 spiro atoms. The lowest BCUT2D eigenvalue weighted by atomic mass is 10.6. The number of rotatable bonds is 3. The molecule has 0 aliphatic carbocycles. The van der Waals surface area contributed by atoms with Crippen molar-refractivity contribution >= 4 is 34.2 Å². The lowest BCUT2D eigenvalue weighted by Gasteiger charge is -2.10. The van der Waals surface area contributed by atoms with Crippen LogP contribution in [0.25, 0.3) is 0 Å². The van der Waals surface area contributed by atoms with E-state index in [0.29, 0.717) is 11.6 Å². The molecule has 0 saturated carbocycles. The van der Waals surface area contributed by atoms with Crippen LogP contribution in [0.3, 0.4) is 0 Å². The van der Waals surface area contributed by atoms with Crippen LogP contribution < -0.4 is 0 Å². The zero-order valence-corrected chi connectivity index (χ0v) is 9.83. The van der Waals surface area contributed by atoms with E-state index in [1.807, 2.05) is 13.8 Å². The Kier molecular flexibility index (Phi) is 3.79. The fourth-order valence-corrected chi connectivity index (χ4v) is 1.38. The van der Waals surface area contributed by atoms with Gasteiger partial charge in [0.25, 0.3) is 0 Å². The third-order valence-electron chi connectivity index (χ3n) is 1.43. The molecule has 1 aromatic heterocycles. The summed E-state index contributed by atoms with van der Waals surface area (Å²) in [6.45, 7) is 4.56.